The molecule has 7 nitrogen and oxygen atoms in total. The van der Waals surface area contributed by atoms with Gasteiger partial charge >= 0.3 is 0 Å². The summed E-state index contributed by atoms with van der Waals surface area (Å²) >= 11 is 0. The fourth-order valence-corrected chi connectivity index (χ4v) is 7.01. The smallest absolute Gasteiger partial charge is 0.243 e. The number of hydrogen-bond acceptors (Lipinski definition) is 5. The summed E-state index contributed by atoms with van der Waals surface area (Å²) in [5.41, 5.74) is -0.269. The van der Waals surface area contributed by atoms with Gasteiger partial charge in [-0.15, -0.1) is 0 Å². The topological polar surface area (TPSA) is 79.0 Å². The SMILES string of the molecule is CCC[C@@H](C)N1C[C@H]2C(=O)NC3(CCN(S(=O)(=O)c4ccc(OC)cc4)CC3)[C@H]2C1. The molecule has 0 saturated carbocycles. The third kappa shape index (κ3) is 3.63. The van der Waals surface area contributed by atoms with E-state index >= 15 is 0 Å². The lowest BCUT2D eigenvalue weighted by atomic mass is 9.76. The lowest BCUT2D eigenvalue weighted by Gasteiger charge is -2.42. The van der Waals surface area contributed by atoms with Gasteiger partial charge in [0.15, 0.2) is 0 Å². The van der Waals surface area contributed by atoms with Crippen LogP contribution in [0.15, 0.2) is 29.2 Å². The number of nitrogens with zero attached hydrogens (tertiary/aromatic N) is 2. The lowest BCUT2D eigenvalue weighted by molar-refractivity contribution is -0.123. The van der Waals surface area contributed by atoms with Crippen LogP contribution in [-0.4, -0.2) is 68.4 Å². The molecule has 0 aromatic heterocycles. The molecule has 1 aromatic rings. The van der Waals surface area contributed by atoms with Crippen LogP contribution in [0, 0.1) is 11.8 Å². The Morgan fingerprint density at radius 2 is 1.87 bits per heavy atom. The zero-order valence-electron chi connectivity index (χ0n) is 18.1. The number of fused-ring (bicyclic) bond motifs is 2. The molecule has 0 bridgehead atoms. The van der Waals surface area contributed by atoms with Gasteiger partial charge in [-0.2, -0.15) is 4.31 Å². The third-order valence-electron chi connectivity index (χ3n) is 7.41. The molecule has 1 spiro atoms. The monoisotopic (exact) mass is 435 g/mol. The van der Waals surface area contributed by atoms with E-state index in [1.54, 1.807) is 35.7 Å². The maximum atomic E-state index is 13.1. The standard InChI is InChI=1S/C22H33N3O4S/c1-4-5-16(2)24-14-19-20(15-24)22(23-21(19)26)10-12-25(13-11-22)30(27,28)18-8-6-17(29-3)7-9-18/h6-9,16,19-20H,4-5,10-15H2,1-3H3,(H,23,26)/t16-,19-,20+/m1/s1. The van der Waals surface area contributed by atoms with E-state index in [2.05, 4.69) is 24.1 Å². The van der Waals surface area contributed by atoms with E-state index in [1.807, 2.05) is 0 Å². The van der Waals surface area contributed by atoms with Gasteiger partial charge in [-0.05, 0) is 50.5 Å². The van der Waals surface area contributed by atoms with E-state index < -0.39 is 10.0 Å². The molecule has 1 N–H and O–H groups in total. The van der Waals surface area contributed by atoms with Crippen LogP contribution in [0.25, 0.3) is 0 Å². The average molecular weight is 436 g/mol. The van der Waals surface area contributed by atoms with Crippen LogP contribution in [0.3, 0.4) is 0 Å². The molecule has 0 radical (unpaired) electrons. The lowest BCUT2D eigenvalue weighted by Crippen LogP contribution is -2.56. The average Bonchev–Trinajstić information content (AvgIpc) is 3.29. The molecule has 8 heteroatoms. The largest absolute Gasteiger partial charge is 0.497 e. The minimum atomic E-state index is -3.55. The number of rotatable bonds is 6. The fourth-order valence-electron chi connectivity index (χ4n) is 5.57. The molecule has 3 heterocycles. The predicted octanol–water partition coefficient (Wildman–Crippen LogP) is 2.08. The molecular formula is C22H33N3O4S. The molecular weight excluding hydrogens is 402 g/mol. The predicted molar refractivity (Wildman–Crippen MR) is 115 cm³/mol. The van der Waals surface area contributed by atoms with E-state index in [1.165, 1.54) is 0 Å². The van der Waals surface area contributed by atoms with Gasteiger partial charge in [0.05, 0.1) is 17.9 Å². The Balaban J connectivity index is 1.46. The van der Waals surface area contributed by atoms with Crippen molar-refractivity contribution in [3.63, 3.8) is 0 Å². The maximum absolute atomic E-state index is 13.1. The van der Waals surface area contributed by atoms with Crippen molar-refractivity contribution in [3.05, 3.63) is 24.3 Å². The molecule has 3 aliphatic rings. The van der Waals surface area contributed by atoms with Crippen LogP contribution in [0.1, 0.15) is 39.5 Å². The van der Waals surface area contributed by atoms with Crippen LogP contribution in [0.2, 0.25) is 0 Å². The summed E-state index contributed by atoms with van der Waals surface area (Å²) < 4.78 is 32.9. The molecule has 3 aliphatic heterocycles. The highest BCUT2D eigenvalue weighted by Gasteiger charge is 2.58. The van der Waals surface area contributed by atoms with Gasteiger partial charge < -0.3 is 10.1 Å². The van der Waals surface area contributed by atoms with Gasteiger partial charge in [0.2, 0.25) is 15.9 Å². The number of ether oxygens (including phenoxy) is 1. The Labute approximate surface area is 179 Å². The number of hydrogen-bond donors (Lipinski definition) is 1. The van der Waals surface area contributed by atoms with Crippen molar-refractivity contribution in [1.82, 2.24) is 14.5 Å². The van der Waals surface area contributed by atoms with Crippen LogP contribution < -0.4 is 10.1 Å². The molecule has 166 valence electrons. The molecule has 30 heavy (non-hydrogen) atoms. The number of nitrogens with one attached hydrogen (secondary N) is 1. The second-order valence-corrected chi connectivity index (χ2v) is 11.0. The fraction of sp³-hybridized carbons (Fsp3) is 0.682. The molecule has 0 unspecified atom stereocenters. The maximum Gasteiger partial charge on any atom is 0.243 e. The quantitative estimate of drug-likeness (QED) is 0.740. The summed E-state index contributed by atoms with van der Waals surface area (Å²) in [4.78, 5) is 15.5. The van der Waals surface area contributed by atoms with Crippen molar-refractivity contribution >= 4 is 15.9 Å². The Morgan fingerprint density at radius 1 is 1.20 bits per heavy atom. The highest BCUT2D eigenvalue weighted by molar-refractivity contribution is 7.89. The number of carbonyl (C=O) groups excluding carboxylic acids is 1. The molecule has 3 saturated heterocycles. The van der Waals surface area contributed by atoms with Crippen molar-refractivity contribution in [2.75, 3.05) is 33.3 Å². The Hall–Kier alpha value is -1.64. The first-order chi connectivity index (χ1) is 14.3. The number of benzene rings is 1. The number of methoxy groups -OCH3 is 1. The first kappa shape index (κ1) is 21.6. The number of carbonyl (C=O) groups is 1. The van der Waals surface area contributed by atoms with Gasteiger partial charge in [-0.1, -0.05) is 13.3 Å². The van der Waals surface area contributed by atoms with Crippen LogP contribution in [0.5, 0.6) is 5.75 Å². The molecule has 1 aromatic carbocycles. The van der Waals surface area contributed by atoms with Gasteiger partial charge in [0.25, 0.3) is 0 Å². The summed E-state index contributed by atoms with van der Waals surface area (Å²) in [6.07, 6.45) is 3.63. The zero-order chi connectivity index (χ0) is 21.5. The van der Waals surface area contributed by atoms with Crippen molar-refractivity contribution in [2.24, 2.45) is 11.8 Å². The molecule has 4 rings (SSSR count). The third-order valence-corrected chi connectivity index (χ3v) is 9.32. The van der Waals surface area contributed by atoms with Crippen LogP contribution >= 0.6 is 0 Å². The van der Waals surface area contributed by atoms with Crippen molar-refractivity contribution in [1.29, 1.82) is 0 Å². The van der Waals surface area contributed by atoms with Crippen molar-refractivity contribution < 1.29 is 17.9 Å². The highest BCUT2D eigenvalue weighted by atomic mass is 32.2. The number of likely N-dealkylation sites (tertiary alicyclic amines) is 1. The Morgan fingerprint density at radius 3 is 2.47 bits per heavy atom. The number of sulfonamides is 1. The van der Waals surface area contributed by atoms with E-state index in [0.29, 0.717) is 37.7 Å². The summed E-state index contributed by atoms with van der Waals surface area (Å²) in [5.74, 6) is 1.09. The van der Waals surface area contributed by atoms with Crippen molar-refractivity contribution in [3.8, 4) is 5.75 Å². The van der Waals surface area contributed by atoms with Gasteiger partial charge in [0.1, 0.15) is 5.75 Å². The molecule has 1 amide bonds. The summed E-state index contributed by atoms with van der Waals surface area (Å²) in [6, 6.07) is 7.02. The first-order valence-electron chi connectivity index (χ1n) is 11.0. The summed E-state index contributed by atoms with van der Waals surface area (Å²) in [7, 11) is -1.99. The second-order valence-electron chi connectivity index (χ2n) is 9.03. The van der Waals surface area contributed by atoms with Gasteiger partial charge in [0, 0.05) is 43.7 Å². The summed E-state index contributed by atoms with van der Waals surface area (Å²) in [6.45, 7) is 7.06. The van der Waals surface area contributed by atoms with Crippen LogP contribution in [0.4, 0.5) is 0 Å². The van der Waals surface area contributed by atoms with Gasteiger partial charge in [-0.25, -0.2) is 8.42 Å². The normalized spacial score (nSPS) is 27.8. The highest BCUT2D eigenvalue weighted by Crippen LogP contribution is 2.45. The molecule has 0 aliphatic carbocycles. The Bertz CT molecular complexity index is 878. The first-order valence-corrected chi connectivity index (χ1v) is 12.4. The van der Waals surface area contributed by atoms with E-state index in [0.717, 1.165) is 25.9 Å². The van der Waals surface area contributed by atoms with Gasteiger partial charge in [-0.3, -0.25) is 9.69 Å². The number of piperidine rings is 1. The minimum absolute atomic E-state index is 0.0362. The zero-order valence-corrected chi connectivity index (χ0v) is 19.0. The summed E-state index contributed by atoms with van der Waals surface area (Å²) in [5, 5.41) is 3.29. The van der Waals surface area contributed by atoms with Crippen molar-refractivity contribution in [2.45, 2.75) is 56.0 Å². The van der Waals surface area contributed by atoms with Crippen LogP contribution in [-0.2, 0) is 14.8 Å². The molecule has 3 atom stereocenters. The molecule has 3 fully saturated rings. The minimum Gasteiger partial charge on any atom is -0.497 e. The van der Waals surface area contributed by atoms with E-state index in [9.17, 15) is 13.2 Å². The second kappa shape index (κ2) is 8.13. The Kier molecular flexibility index (Phi) is 5.85. The number of amides is 1. The van der Waals surface area contributed by atoms with E-state index in [4.69, 9.17) is 4.74 Å². The van der Waals surface area contributed by atoms with E-state index in [-0.39, 0.29) is 28.2 Å².